The van der Waals surface area contributed by atoms with Gasteiger partial charge in [-0.05, 0) is 52.1 Å². The van der Waals surface area contributed by atoms with Gasteiger partial charge in [0.05, 0.1) is 13.9 Å². The maximum absolute atomic E-state index is 13.2. The summed E-state index contributed by atoms with van der Waals surface area (Å²) in [5.41, 5.74) is -5.18. The standard InChI is InChI=1S/C13H17BF3NO2/c1-8-6-9(7-10(18-8)13(15,16)17)14-19-11(2,3)12(4,5)20-14/h6-7H,1-5H3/i1D3,6D,7D. The van der Waals surface area contributed by atoms with E-state index in [0.29, 0.717) is 0 Å². The van der Waals surface area contributed by atoms with Crippen LogP contribution in [0.25, 0.3) is 0 Å². The predicted octanol–water partition coefficient (Wildman–Crippen LogP) is 2.71. The zero-order valence-corrected chi connectivity index (χ0v) is 11.5. The monoisotopic (exact) mass is 292 g/mol. The number of nitrogens with zero attached hydrogens (tertiary/aromatic N) is 1. The largest absolute Gasteiger partial charge is 0.494 e. The van der Waals surface area contributed by atoms with Crippen molar-refractivity contribution in [3.63, 3.8) is 0 Å². The van der Waals surface area contributed by atoms with E-state index in [0.717, 1.165) is 0 Å². The molecule has 1 saturated heterocycles. The van der Waals surface area contributed by atoms with Crippen LogP contribution in [-0.2, 0) is 15.5 Å². The van der Waals surface area contributed by atoms with Crippen LogP contribution in [-0.4, -0.2) is 23.3 Å². The van der Waals surface area contributed by atoms with Gasteiger partial charge in [-0.25, -0.2) is 4.98 Å². The van der Waals surface area contributed by atoms with E-state index in [-0.39, 0.29) is 0 Å². The third-order valence-corrected chi connectivity index (χ3v) is 3.49. The Kier molecular flexibility index (Phi) is 2.18. The minimum absolute atomic E-state index is 0.591. The summed E-state index contributed by atoms with van der Waals surface area (Å²) in [5.74, 6) is 0. The lowest BCUT2D eigenvalue weighted by Crippen LogP contribution is -2.41. The summed E-state index contributed by atoms with van der Waals surface area (Å²) in [4.78, 5) is 3.05. The number of halogens is 3. The number of aryl methyl sites for hydroxylation is 1. The van der Waals surface area contributed by atoms with Crippen molar-refractivity contribution in [3.8, 4) is 0 Å². The van der Waals surface area contributed by atoms with E-state index in [2.05, 4.69) is 4.98 Å². The third-order valence-electron chi connectivity index (χ3n) is 3.49. The zero-order valence-electron chi connectivity index (χ0n) is 16.5. The van der Waals surface area contributed by atoms with Gasteiger partial charge < -0.3 is 9.31 Å². The molecule has 110 valence electrons. The van der Waals surface area contributed by atoms with Crippen LogP contribution in [0.1, 0.15) is 45.9 Å². The Morgan fingerprint density at radius 2 is 1.75 bits per heavy atom. The van der Waals surface area contributed by atoms with E-state index >= 15 is 0 Å². The first-order valence-corrected chi connectivity index (χ1v) is 5.93. The molecule has 1 aromatic rings. The van der Waals surface area contributed by atoms with Crippen LogP contribution in [0.4, 0.5) is 13.2 Å². The maximum atomic E-state index is 13.2. The Bertz CT molecular complexity index is 652. The Balaban J connectivity index is 2.74. The highest BCUT2D eigenvalue weighted by Crippen LogP contribution is 2.37. The van der Waals surface area contributed by atoms with Gasteiger partial charge in [0.15, 0.2) is 0 Å². The van der Waals surface area contributed by atoms with E-state index in [1.54, 1.807) is 27.7 Å². The number of pyridine rings is 1. The molecular weight excluding hydrogens is 270 g/mol. The van der Waals surface area contributed by atoms with Crippen molar-refractivity contribution < 1.29 is 29.3 Å². The second-order valence-corrected chi connectivity index (χ2v) is 5.56. The van der Waals surface area contributed by atoms with Crippen molar-refractivity contribution in [2.75, 3.05) is 0 Å². The van der Waals surface area contributed by atoms with Crippen LogP contribution >= 0.6 is 0 Å². The summed E-state index contributed by atoms with van der Waals surface area (Å²) in [6, 6.07) is -1.93. The van der Waals surface area contributed by atoms with Crippen molar-refractivity contribution in [2.24, 2.45) is 0 Å². The molecule has 0 N–H and O–H groups in total. The Hall–Kier alpha value is -1.08. The van der Waals surface area contributed by atoms with E-state index in [9.17, 15) is 13.2 Å². The molecule has 1 aromatic heterocycles. The zero-order chi connectivity index (χ0) is 19.6. The van der Waals surface area contributed by atoms with Gasteiger partial charge in [0.1, 0.15) is 5.69 Å². The molecule has 1 fully saturated rings. The molecule has 0 amide bonds. The fraction of sp³-hybridized carbons (Fsp3) is 0.615. The number of hydrogen-bond acceptors (Lipinski definition) is 3. The van der Waals surface area contributed by atoms with Crippen LogP contribution in [0.2, 0.25) is 0 Å². The molecule has 2 heterocycles. The number of aromatic nitrogens is 1. The average Bonchev–Trinajstić information content (AvgIpc) is 2.54. The lowest BCUT2D eigenvalue weighted by Gasteiger charge is -2.32. The first-order valence-electron chi connectivity index (χ1n) is 8.43. The number of hydrogen-bond donors (Lipinski definition) is 0. The smallest absolute Gasteiger partial charge is 0.399 e. The predicted molar refractivity (Wildman–Crippen MR) is 69.7 cm³/mol. The summed E-state index contributed by atoms with van der Waals surface area (Å²) in [6.45, 7) is 3.55. The summed E-state index contributed by atoms with van der Waals surface area (Å²) >= 11 is 0. The van der Waals surface area contributed by atoms with Gasteiger partial charge in [-0.1, -0.05) is 0 Å². The van der Waals surface area contributed by atoms with Crippen molar-refractivity contribution in [1.29, 1.82) is 0 Å². The molecule has 7 heteroatoms. The molecule has 0 radical (unpaired) electrons. The Morgan fingerprint density at radius 3 is 2.20 bits per heavy atom. The molecule has 0 atom stereocenters. The molecule has 0 saturated carbocycles. The first kappa shape index (κ1) is 9.79. The van der Waals surface area contributed by atoms with Crippen molar-refractivity contribution in [2.45, 2.75) is 51.9 Å². The molecule has 0 spiro atoms. The molecule has 0 aliphatic carbocycles. The van der Waals surface area contributed by atoms with Gasteiger partial charge in [0.25, 0.3) is 0 Å². The van der Waals surface area contributed by atoms with Crippen LogP contribution < -0.4 is 5.46 Å². The van der Waals surface area contributed by atoms with E-state index < -0.39 is 60.3 Å². The Labute approximate surface area is 123 Å². The lowest BCUT2D eigenvalue weighted by atomic mass is 9.79. The quantitative estimate of drug-likeness (QED) is 0.746. The van der Waals surface area contributed by atoms with E-state index in [1.165, 1.54) is 0 Å². The summed E-state index contributed by atoms with van der Waals surface area (Å²) in [6.07, 6.45) is -5.05. The second-order valence-electron chi connectivity index (χ2n) is 5.56. The molecule has 3 nitrogen and oxygen atoms in total. The van der Waals surface area contributed by atoms with Gasteiger partial charge in [-0.3, -0.25) is 0 Å². The van der Waals surface area contributed by atoms with Gasteiger partial charge in [0.2, 0.25) is 0 Å². The fourth-order valence-corrected chi connectivity index (χ4v) is 1.67. The van der Waals surface area contributed by atoms with Gasteiger partial charge in [-0.15, -0.1) is 0 Å². The minimum atomic E-state index is -5.05. The fourth-order valence-electron chi connectivity index (χ4n) is 1.67. The van der Waals surface area contributed by atoms with Gasteiger partial charge >= 0.3 is 13.3 Å². The highest BCUT2D eigenvalue weighted by atomic mass is 19.4. The van der Waals surface area contributed by atoms with Crippen molar-refractivity contribution >= 4 is 12.6 Å². The van der Waals surface area contributed by atoms with Crippen LogP contribution in [0.3, 0.4) is 0 Å². The van der Waals surface area contributed by atoms with Crippen molar-refractivity contribution in [3.05, 3.63) is 23.5 Å². The molecule has 0 aromatic carbocycles. The summed E-state index contributed by atoms with van der Waals surface area (Å²) in [7, 11) is -1.48. The minimum Gasteiger partial charge on any atom is -0.399 e. The highest BCUT2D eigenvalue weighted by Gasteiger charge is 2.52. The van der Waals surface area contributed by atoms with E-state index in [1.807, 2.05) is 0 Å². The summed E-state index contributed by atoms with van der Waals surface area (Å²) in [5, 5.41) is 0. The first-order chi connectivity index (χ1) is 11.0. The molecule has 0 bridgehead atoms. The summed E-state index contributed by atoms with van der Waals surface area (Å²) < 4.78 is 88.7. The maximum Gasteiger partial charge on any atom is 0.494 e. The highest BCUT2D eigenvalue weighted by molar-refractivity contribution is 6.62. The molecule has 20 heavy (non-hydrogen) atoms. The number of alkyl halides is 3. The van der Waals surface area contributed by atoms with Gasteiger partial charge in [0, 0.05) is 9.81 Å². The number of rotatable bonds is 1. The topological polar surface area (TPSA) is 31.4 Å². The molecular formula is C13H17BF3NO2. The third kappa shape index (κ3) is 2.69. The molecule has 1 aliphatic rings. The molecule has 2 rings (SSSR count). The molecule has 0 unspecified atom stereocenters. The lowest BCUT2D eigenvalue weighted by molar-refractivity contribution is -0.141. The Morgan fingerprint density at radius 1 is 1.20 bits per heavy atom. The normalized spacial score (nSPS) is 25.6. The SMILES string of the molecule is [2H]c1c(C([2H])([2H])[2H])nc(C(F)(F)F)c([2H])c1B1OC(C)(C)C(C)(C)O1. The second kappa shape index (κ2) is 4.46. The van der Waals surface area contributed by atoms with Crippen LogP contribution in [0.15, 0.2) is 12.1 Å². The van der Waals surface area contributed by atoms with E-state index in [4.69, 9.17) is 16.2 Å². The van der Waals surface area contributed by atoms with Gasteiger partial charge in [-0.2, -0.15) is 13.2 Å². The molecule has 1 aliphatic heterocycles. The van der Waals surface area contributed by atoms with Crippen LogP contribution in [0.5, 0.6) is 0 Å². The van der Waals surface area contributed by atoms with Crippen LogP contribution in [0, 0.1) is 6.85 Å². The van der Waals surface area contributed by atoms with Crippen molar-refractivity contribution in [1.82, 2.24) is 4.98 Å². The average molecular weight is 292 g/mol.